The molecule has 0 bridgehead atoms. The highest BCUT2D eigenvalue weighted by molar-refractivity contribution is 7.98. The number of hydrogen-bond donors (Lipinski definition) is 1. The van der Waals surface area contributed by atoms with Crippen molar-refractivity contribution in [1.29, 1.82) is 0 Å². The summed E-state index contributed by atoms with van der Waals surface area (Å²) >= 11 is 1.69. The number of carbonyl (C=O) groups excluding carboxylic acids is 1. The van der Waals surface area contributed by atoms with Crippen molar-refractivity contribution in [2.45, 2.75) is 23.9 Å². The van der Waals surface area contributed by atoms with Crippen molar-refractivity contribution in [3.05, 3.63) is 114 Å². The van der Waals surface area contributed by atoms with Crippen molar-refractivity contribution in [3.8, 4) is 11.5 Å². The molecule has 0 aliphatic carbocycles. The monoisotopic (exact) mass is 538 g/mol. The van der Waals surface area contributed by atoms with Crippen molar-refractivity contribution in [2.75, 3.05) is 20.8 Å². The number of nitrogens with zero attached hydrogens (tertiary/aromatic N) is 3. The van der Waals surface area contributed by atoms with Crippen LogP contribution in [0, 0.1) is 0 Å². The Morgan fingerprint density at radius 2 is 1.69 bits per heavy atom. The van der Waals surface area contributed by atoms with E-state index in [0.717, 1.165) is 44.6 Å². The molecule has 39 heavy (non-hydrogen) atoms. The zero-order valence-electron chi connectivity index (χ0n) is 22.0. The second-order valence-corrected chi connectivity index (χ2v) is 9.94. The van der Waals surface area contributed by atoms with Crippen molar-refractivity contribution in [1.82, 2.24) is 19.9 Å². The quantitative estimate of drug-likeness (QED) is 0.215. The molecule has 0 aliphatic rings. The van der Waals surface area contributed by atoms with Gasteiger partial charge in [-0.15, -0.1) is 0 Å². The number of benzene rings is 3. The number of aromatic nitrogens is 3. The van der Waals surface area contributed by atoms with E-state index in [0.29, 0.717) is 25.1 Å². The lowest BCUT2D eigenvalue weighted by Crippen LogP contribution is -2.25. The van der Waals surface area contributed by atoms with Crippen LogP contribution < -0.4 is 14.8 Å². The number of fused-ring (bicyclic) bond motifs is 1. The molecule has 5 rings (SSSR count). The van der Waals surface area contributed by atoms with E-state index in [1.54, 1.807) is 32.2 Å². The maximum Gasteiger partial charge on any atom is 0.251 e. The van der Waals surface area contributed by atoms with E-state index < -0.39 is 0 Å². The molecule has 2 heterocycles. The fourth-order valence-corrected chi connectivity index (χ4v) is 5.32. The van der Waals surface area contributed by atoms with Crippen LogP contribution in [-0.4, -0.2) is 41.2 Å². The van der Waals surface area contributed by atoms with Crippen LogP contribution in [0.4, 0.5) is 0 Å². The molecular weight excluding hydrogens is 508 g/mol. The largest absolute Gasteiger partial charge is 0.497 e. The van der Waals surface area contributed by atoms with E-state index in [2.05, 4.69) is 27.0 Å². The van der Waals surface area contributed by atoms with Gasteiger partial charge in [-0.3, -0.25) is 9.78 Å². The number of para-hydroxylation sites is 1. The number of imidazole rings is 1. The van der Waals surface area contributed by atoms with Gasteiger partial charge in [-0.2, -0.15) is 0 Å². The van der Waals surface area contributed by atoms with E-state index in [1.807, 2.05) is 72.9 Å². The van der Waals surface area contributed by atoms with Crippen LogP contribution in [0.15, 0.2) is 96.4 Å². The molecule has 0 atom stereocenters. The lowest BCUT2D eigenvalue weighted by atomic mass is 10.1. The summed E-state index contributed by atoms with van der Waals surface area (Å²) in [4.78, 5) is 21.9. The van der Waals surface area contributed by atoms with Gasteiger partial charge < -0.3 is 19.4 Å². The topological polar surface area (TPSA) is 78.3 Å². The van der Waals surface area contributed by atoms with Crippen LogP contribution in [0.1, 0.15) is 27.0 Å². The second kappa shape index (κ2) is 12.5. The Balaban J connectivity index is 1.25. The van der Waals surface area contributed by atoms with Crippen molar-refractivity contribution in [3.63, 3.8) is 0 Å². The maximum absolute atomic E-state index is 12.7. The third kappa shape index (κ3) is 6.41. The SMILES string of the molecule is COc1ccc(CSc2nc3ccncc3n2Cc2ccc(C(=O)NCCc3ccccc3OC)cc2)cc1. The first kappa shape index (κ1) is 26.3. The molecule has 1 N–H and O–H groups in total. The molecule has 2 aromatic heterocycles. The van der Waals surface area contributed by atoms with Gasteiger partial charge in [0.05, 0.1) is 38.0 Å². The molecule has 0 spiro atoms. The molecule has 0 saturated carbocycles. The molecule has 7 nitrogen and oxygen atoms in total. The van der Waals surface area contributed by atoms with Gasteiger partial charge in [-0.1, -0.05) is 54.2 Å². The van der Waals surface area contributed by atoms with Crippen LogP contribution in [0.2, 0.25) is 0 Å². The molecule has 8 heteroatoms. The third-order valence-electron chi connectivity index (χ3n) is 6.47. The summed E-state index contributed by atoms with van der Waals surface area (Å²) in [6.45, 7) is 1.16. The van der Waals surface area contributed by atoms with Crippen molar-refractivity contribution in [2.24, 2.45) is 0 Å². The van der Waals surface area contributed by atoms with Crippen LogP contribution in [-0.2, 0) is 18.7 Å². The minimum Gasteiger partial charge on any atom is -0.497 e. The fourth-order valence-electron chi connectivity index (χ4n) is 4.35. The molecule has 0 radical (unpaired) electrons. The summed E-state index contributed by atoms with van der Waals surface area (Å²) in [5.41, 5.74) is 5.86. The summed E-state index contributed by atoms with van der Waals surface area (Å²) in [6.07, 6.45) is 4.31. The Morgan fingerprint density at radius 3 is 2.46 bits per heavy atom. The molecule has 198 valence electrons. The van der Waals surface area contributed by atoms with Crippen molar-refractivity contribution >= 4 is 28.7 Å². The maximum atomic E-state index is 12.7. The lowest BCUT2D eigenvalue weighted by Gasteiger charge is -2.11. The minimum absolute atomic E-state index is 0.0931. The van der Waals surface area contributed by atoms with Gasteiger partial charge in [0.2, 0.25) is 0 Å². The van der Waals surface area contributed by atoms with Gasteiger partial charge in [0.15, 0.2) is 5.16 Å². The number of methoxy groups -OCH3 is 2. The number of hydrogen-bond acceptors (Lipinski definition) is 6. The standard InChI is InChI=1S/C31H30N4O3S/c1-37-26-13-9-23(10-14-26)21-39-31-34-27-16-17-32-19-28(27)35(31)20-22-7-11-25(12-8-22)30(36)33-18-15-24-5-3-4-6-29(24)38-2/h3-14,16-17,19H,15,18,20-21H2,1-2H3,(H,33,36). The number of pyridine rings is 1. The summed E-state index contributed by atoms with van der Waals surface area (Å²) in [7, 11) is 3.33. The van der Waals surface area contributed by atoms with E-state index >= 15 is 0 Å². The number of amides is 1. The summed E-state index contributed by atoms with van der Waals surface area (Å²) in [5.74, 6) is 2.37. The normalized spacial score (nSPS) is 10.9. The minimum atomic E-state index is -0.0931. The average Bonchev–Trinajstić information content (AvgIpc) is 3.34. The highest BCUT2D eigenvalue weighted by Gasteiger charge is 2.13. The smallest absolute Gasteiger partial charge is 0.251 e. The Bertz CT molecular complexity index is 1550. The highest BCUT2D eigenvalue weighted by atomic mass is 32.2. The predicted molar refractivity (Wildman–Crippen MR) is 155 cm³/mol. The van der Waals surface area contributed by atoms with Crippen LogP contribution in [0.5, 0.6) is 11.5 Å². The zero-order valence-corrected chi connectivity index (χ0v) is 22.8. The zero-order chi connectivity index (χ0) is 27.0. The molecule has 0 aliphatic heterocycles. The Hall–Kier alpha value is -4.30. The lowest BCUT2D eigenvalue weighted by molar-refractivity contribution is 0.0954. The van der Waals surface area contributed by atoms with Gasteiger partial charge in [0.25, 0.3) is 5.91 Å². The molecule has 0 fully saturated rings. The first-order valence-electron chi connectivity index (χ1n) is 12.7. The van der Waals surface area contributed by atoms with Gasteiger partial charge >= 0.3 is 0 Å². The van der Waals surface area contributed by atoms with E-state index in [9.17, 15) is 4.79 Å². The van der Waals surface area contributed by atoms with E-state index in [1.165, 1.54) is 5.56 Å². The second-order valence-electron chi connectivity index (χ2n) is 9.00. The fraction of sp³-hybridized carbons (Fsp3) is 0.194. The van der Waals surface area contributed by atoms with Gasteiger partial charge in [0, 0.05) is 24.1 Å². The Kier molecular flexibility index (Phi) is 8.43. The van der Waals surface area contributed by atoms with E-state index in [4.69, 9.17) is 14.5 Å². The first-order chi connectivity index (χ1) is 19.1. The molecule has 1 amide bonds. The molecule has 5 aromatic rings. The van der Waals surface area contributed by atoms with Crippen molar-refractivity contribution < 1.29 is 14.3 Å². The van der Waals surface area contributed by atoms with Gasteiger partial charge in [-0.05, 0) is 59.5 Å². The number of thioether (sulfide) groups is 1. The van der Waals surface area contributed by atoms with Gasteiger partial charge in [-0.25, -0.2) is 4.98 Å². The molecule has 3 aromatic carbocycles. The number of nitrogens with one attached hydrogen (secondary N) is 1. The number of carbonyl (C=O) groups is 1. The molecule has 0 unspecified atom stereocenters. The van der Waals surface area contributed by atoms with Crippen LogP contribution in [0.25, 0.3) is 11.0 Å². The predicted octanol–water partition coefficient (Wildman–Crippen LogP) is 5.76. The van der Waals surface area contributed by atoms with Crippen LogP contribution in [0.3, 0.4) is 0 Å². The summed E-state index contributed by atoms with van der Waals surface area (Å²) in [6, 6.07) is 25.6. The number of rotatable bonds is 11. The highest BCUT2D eigenvalue weighted by Crippen LogP contribution is 2.28. The summed E-state index contributed by atoms with van der Waals surface area (Å²) < 4.78 is 12.8. The Labute approximate surface area is 232 Å². The Morgan fingerprint density at radius 1 is 0.923 bits per heavy atom. The molecular formula is C31H30N4O3S. The third-order valence-corrected chi connectivity index (χ3v) is 7.52. The summed E-state index contributed by atoms with van der Waals surface area (Å²) in [5, 5.41) is 3.93. The first-order valence-corrected chi connectivity index (χ1v) is 13.7. The van der Waals surface area contributed by atoms with Gasteiger partial charge in [0.1, 0.15) is 11.5 Å². The average molecular weight is 539 g/mol. The van der Waals surface area contributed by atoms with E-state index in [-0.39, 0.29) is 5.91 Å². The molecule has 0 saturated heterocycles. The number of ether oxygens (including phenoxy) is 2. The van der Waals surface area contributed by atoms with Crippen LogP contribution >= 0.6 is 11.8 Å².